The van der Waals surface area contributed by atoms with Crippen LogP contribution in [0.25, 0.3) is 0 Å². The molecule has 0 radical (unpaired) electrons. The van der Waals surface area contributed by atoms with Crippen molar-refractivity contribution in [3.63, 3.8) is 0 Å². The van der Waals surface area contributed by atoms with Crippen LogP contribution in [-0.4, -0.2) is 40.4 Å². The number of halogens is 3. The highest BCUT2D eigenvalue weighted by Gasteiger charge is 2.68. The van der Waals surface area contributed by atoms with Crippen LogP contribution in [0.3, 0.4) is 0 Å². The van der Waals surface area contributed by atoms with Gasteiger partial charge in [0.1, 0.15) is 5.84 Å². The second-order valence-corrected chi connectivity index (χ2v) is 7.44. The molecule has 1 fully saturated rings. The topological polar surface area (TPSA) is 61.8 Å². The maximum atomic E-state index is 14.3. The fourth-order valence-electron chi connectivity index (χ4n) is 3.99. The first-order valence-corrected chi connectivity index (χ1v) is 9.77. The number of carbonyl (C=O) groups is 2. The molecule has 5 nitrogen and oxygen atoms in total. The first-order chi connectivity index (χ1) is 14.3. The highest BCUT2D eigenvalue weighted by atomic mass is 19.4. The molecule has 1 aliphatic heterocycles. The fourth-order valence-corrected chi connectivity index (χ4v) is 3.99. The van der Waals surface area contributed by atoms with Gasteiger partial charge in [-0.3, -0.25) is 14.5 Å². The van der Waals surface area contributed by atoms with E-state index in [1.54, 1.807) is 36.4 Å². The van der Waals surface area contributed by atoms with Crippen LogP contribution in [0.5, 0.6) is 0 Å². The van der Waals surface area contributed by atoms with Crippen molar-refractivity contribution in [2.24, 2.45) is 4.99 Å². The first kappa shape index (κ1) is 20.1. The van der Waals surface area contributed by atoms with Gasteiger partial charge in [0, 0.05) is 17.2 Å². The van der Waals surface area contributed by atoms with Gasteiger partial charge in [0.2, 0.25) is 0 Å². The van der Waals surface area contributed by atoms with Gasteiger partial charge in [-0.15, -0.1) is 0 Å². The lowest BCUT2D eigenvalue weighted by Gasteiger charge is -2.31. The Balaban J connectivity index is 1.81. The minimum Gasteiger partial charge on any atom is -0.312 e. The Kier molecular flexibility index (Phi) is 5.09. The van der Waals surface area contributed by atoms with Crippen molar-refractivity contribution in [1.82, 2.24) is 10.2 Å². The molecule has 1 N–H and O–H groups in total. The molecule has 0 saturated heterocycles. The maximum absolute atomic E-state index is 14.3. The zero-order valence-electron chi connectivity index (χ0n) is 16.0. The minimum absolute atomic E-state index is 0.0182. The molecule has 2 aromatic carbocycles. The van der Waals surface area contributed by atoms with Crippen molar-refractivity contribution >= 4 is 17.6 Å². The zero-order valence-corrected chi connectivity index (χ0v) is 16.0. The molecule has 8 heteroatoms. The normalized spacial score (nSPS) is 22.3. The van der Waals surface area contributed by atoms with Crippen LogP contribution in [0.15, 0.2) is 65.7 Å². The third kappa shape index (κ3) is 3.36. The third-order valence-corrected chi connectivity index (χ3v) is 5.49. The van der Waals surface area contributed by atoms with Gasteiger partial charge in [-0.2, -0.15) is 13.2 Å². The van der Waals surface area contributed by atoms with Crippen LogP contribution in [0.4, 0.5) is 13.2 Å². The van der Waals surface area contributed by atoms with E-state index in [4.69, 9.17) is 0 Å². The van der Waals surface area contributed by atoms with Crippen LogP contribution < -0.4 is 5.32 Å². The third-order valence-electron chi connectivity index (χ3n) is 5.49. The number of amides is 2. The Morgan fingerprint density at radius 1 is 1.00 bits per heavy atom. The second-order valence-electron chi connectivity index (χ2n) is 7.44. The Hall–Kier alpha value is -3.16. The molecule has 0 aromatic heterocycles. The number of nitrogens with zero attached hydrogens (tertiary/aromatic N) is 2. The average Bonchev–Trinajstić information content (AvgIpc) is 3.36. The summed E-state index contributed by atoms with van der Waals surface area (Å²) in [5.41, 5.74) is -2.93. The molecule has 1 aliphatic carbocycles. The molecule has 0 bridgehead atoms. The number of rotatable bonds is 4. The zero-order chi connectivity index (χ0) is 21.4. The number of carbonyl (C=O) groups excluding carboxylic acids is 2. The van der Waals surface area contributed by atoms with E-state index >= 15 is 0 Å². The Morgan fingerprint density at radius 3 is 2.13 bits per heavy atom. The van der Waals surface area contributed by atoms with Gasteiger partial charge in [0.15, 0.2) is 0 Å². The van der Waals surface area contributed by atoms with E-state index in [0.29, 0.717) is 18.4 Å². The van der Waals surface area contributed by atoms with Crippen LogP contribution in [0.2, 0.25) is 0 Å². The summed E-state index contributed by atoms with van der Waals surface area (Å²) in [7, 11) is 0. The van der Waals surface area contributed by atoms with Crippen LogP contribution >= 0.6 is 0 Å². The van der Waals surface area contributed by atoms with Crippen molar-refractivity contribution in [3.05, 3.63) is 71.8 Å². The molecule has 1 heterocycles. The summed E-state index contributed by atoms with van der Waals surface area (Å²) in [4.78, 5) is 30.9. The SMILES string of the molecule is O=C(N[C@]1(C(F)(F)F)N=C(c2ccccc2)N(C2CCCC2)C1=O)c1ccccc1. The summed E-state index contributed by atoms with van der Waals surface area (Å²) < 4.78 is 43.0. The van der Waals surface area contributed by atoms with Gasteiger partial charge < -0.3 is 5.32 Å². The lowest BCUT2D eigenvalue weighted by atomic mass is 10.1. The number of hydrogen-bond acceptors (Lipinski definition) is 3. The van der Waals surface area contributed by atoms with Crippen LogP contribution in [0, 0.1) is 0 Å². The number of benzene rings is 2. The lowest BCUT2D eigenvalue weighted by molar-refractivity contribution is -0.196. The minimum atomic E-state index is -5.11. The number of alkyl halides is 3. The monoisotopic (exact) mass is 415 g/mol. The molecular weight excluding hydrogens is 395 g/mol. The van der Waals surface area contributed by atoms with Gasteiger partial charge >= 0.3 is 11.8 Å². The molecule has 1 atom stereocenters. The van der Waals surface area contributed by atoms with Crippen molar-refractivity contribution in [1.29, 1.82) is 0 Å². The van der Waals surface area contributed by atoms with Crippen molar-refractivity contribution in [3.8, 4) is 0 Å². The fraction of sp³-hybridized carbons (Fsp3) is 0.318. The van der Waals surface area contributed by atoms with Crippen LogP contribution in [0.1, 0.15) is 41.6 Å². The summed E-state index contributed by atoms with van der Waals surface area (Å²) in [6.45, 7) is 0. The molecular formula is C22H20F3N3O2. The van der Waals surface area contributed by atoms with Gasteiger partial charge in [-0.25, -0.2) is 4.99 Å². The van der Waals surface area contributed by atoms with Crippen molar-refractivity contribution in [2.45, 2.75) is 43.6 Å². The van der Waals surface area contributed by atoms with Gasteiger partial charge in [-0.05, 0) is 25.0 Å². The molecule has 156 valence electrons. The second kappa shape index (κ2) is 7.59. The Labute approximate surface area is 171 Å². The van der Waals surface area contributed by atoms with E-state index in [1.165, 1.54) is 24.3 Å². The van der Waals surface area contributed by atoms with Gasteiger partial charge in [-0.1, -0.05) is 61.4 Å². The molecule has 2 amide bonds. The van der Waals surface area contributed by atoms with E-state index in [-0.39, 0.29) is 17.4 Å². The molecule has 2 aliphatic rings. The van der Waals surface area contributed by atoms with E-state index in [9.17, 15) is 22.8 Å². The Morgan fingerprint density at radius 2 is 1.57 bits per heavy atom. The van der Waals surface area contributed by atoms with E-state index in [1.807, 2.05) is 5.32 Å². The Bertz CT molecular complexity index is 970. The van der Waals surface area contributed by atoms with Crippen molar-refractivity contribution in [2.75, 3.05) is 0 Å². The maximum Gasteiger partial charge on any atom is 0.442 e. The number of hydrogen-bond donors (Lipinski definition) is 1. The van der Waals surface area contributed by atoms with E-state index < -0.39 is 23.7 Å². The first-order valence-electron chi connectivity index (χ1n) is 9.77. The quantitative estimate of drug-likeness (QED) is 0.823. The summed E-state index contributed by atoms with van der Waals surface area (Å²) >= 11 is 0. The molecule has 2 aromatic rings. The lowest BCUT2D eigenvalue weighted by Crippen LogP contribution is -2.64. The molecule has 4 rings (SSSR count). The summed E-state index contributed by atoms with van der Waals surface area (Å²) in [6.07, 6.45) is -2.27. The smallest absolute Gasteiger partial charge is 0.312 e. The van der Waals surface area contributed by atoms with Gasteiger partial charge in [0.05, 0.1) is 0 Å². The number of amidine groups is 1. The molecule has 1 saturated carbocycles. The highest BCUT2D eigenvalue weighted by Crippen LogP contribution is 2.41. The predicted molar refractivity (Wildman–Crippen MR) is 105 cm³/mol. The summed E-state index contributed by atoms with van der Waals surface area (Å²) in [5, 5.41) is 1.91. The van der Waals surface area contributed by atoms with E-state index in [2.05, 4.69) is 4.99 Å². The van der Waals surface area contributed by atoms with Gasteiger partial charge in [0.25, 0.3) is 11.8 Å². The number of aliphatic imine (C=N–C) groups is 1. The summed E-state index contributed by atoms with van der Waals surface area (Å²) in [5.74, 6) is -2.33. The standard InChI is InChI=1S/C22H20F3N3O2/c23-22(24,25)21(27-19(29)16-11-5-2-6-12-16)20(30)28(17-13-7-8-14-17)18(26-21)15-9-3-1-4-10-15/h1-6,9-12,17H,7-8,13-14H2,(H,27,29)/t21-/m1/s1. The average molecular weight is 415 g/mol. The molecule has 0 spiro atoms. The molecule has 30 heavy (non-hydrogen) atoms. The van der Waals surface area contributed by atoms with E-state index in [0.717, 1.165) is 17.7 Å². The van der Waals surface area contributed by atoms with Crippen LogP contribution in [-0.2, 0) is 4.79 Å². The highest BCUT2D eigenvalue weighted by molar-refractivity contribution is 6.17. The predicted octanol–water partition coefficient (Wildman–Crippen LogP) is 3.91. The molecule has 0 unspecified atom stereocenters. The van der Waals surface area contributed by atoms with Crippen molar-refractivity contribution < 1.29 is 22.8 Å². The number of nitrogens with one attached hydrogen (secondary N) is 1. The summed E-state index contributed by atoms with van der Waals surface area (Å²) in [6, 6.07) is 15.4. The largest absolute Gasteiger partial charge is 0.442 e.